The number of unbranched alkanes of at least 4 members (excludes halogenated alkanes) is 7. The van der Waals surface area contributed by atoms with Gasteiger partial charge >= 0.3 is 0 Å². The topological polar surface area (TPSA) is 55.1 Å². The number of hydrogen-bond donors (Lipinski definition) is 1. The molecule has 1 amide bonds. The van der Waals surface area contributed by atoms with E-state index in [1.54, 1.807) is 0 Å². The van der Waals surface area contributed by atoms with Gasteiger partial charge in [0.15, 0.2) is 5.58 Å². The molecule has 0 radical (unpaired) electrons. The number of aryl methyl sites for hydroxylation is 1. The summed E-state index contributed by atoms with van der Waals surface area (Å²) in [5.41, 5.74) is 2.61. The molecule has 0 atom stereocenters. The van der Waals surface area contributed by atoms with Crippen molar-refractivity contribution in [1.82, 2.24) is 10.5 Å². The number of carbonyl (C=O) groups excluding carboxylic acids is 1. The molecule has 0 fully saturated rings. The predicted molar refractivity (Wildman–Crippen MR) is 98.1 cm³/mol. The maximum absolute atomic E-state index is 12.1. The third-order valence-corrected chi connectivity index (χ3v) is 4.38. The third kappa shape index (κ3) is 5.99. The molecule has 2 rings (SSSR count). The fraction of sp³-hybridized carbons (Fsp3) is 0.600. The molecule has 0 aliphatic heterocycles. The van der Waals surface area contributed by atoms with Crippen LogP contribution in [0.1, 0.15) is 69.5 Å². The summed E-state index contributed by atoms with van der Waals surface area (Å²) >= 11 is 0. The van der Waals surface area contributed by atoms with Gasteiger partial charge in [-0.3, -0.25) is 4.79 Å². The fourth-order valence-corrected chi connectivity index (χ4v) is 2.93. The smallest absolute Gasteiger partial charge is 0.226 e. The zero-order valence-corrected chi connectivity index (χ0v) is 15.1. The van der Waals surface area contributed by atoms with Crippen LogP contribution in [0.15, 0.2) is 22.7 Å². The number of aromatic nitrogens is 1. The lowest BCUT2D eigenvalue weighted by molar-refractivity contribution is -0.120. The van der Waals surface area contributed by atoms with E-state index >= 15 is 0 Å². The highest BCUT2D eigenvalue weighted by atomic mass is 16.5. The number of fused-ring (bicyclic) bond motifs is 1. The first-order valence-corrected chi connectivity index (χ1v) is 9.32. The molecule has 0 saturated carbocycles. The van der Waals surface area contributed by atoms with E-state index in [9.17, 15) is 4.79 Å². The molecule has 24 heavy (non-hydrogen) atoms. The van der Waals surface area contributed by atoms with Crippen LogP contribution in [0.25, 0.3) is 11.0 Å². The van der Waals surface area contributed by atoms with E-state index in [4.69, 9.17) is 4.52 Å². The summed E-state index contributed by atoms with van der Waals surface area (Å²) in [5.74, 6) is 0.0228. The van der Waals surface area contributed by atoms with E-state index in [2.05, 4.69) is 17.4 Å². The van der Waals surface area contributed by atoms with Gasteiger partial charge in [-0.1, -0.05) is 68.7 Å². The molecular formula is C20H30N2O2. The quantitative estimate of drug-likeness (QED) is 0.594. The molecule has 0 bridgehead atoms. The number of hydrogen-bond acceptors (Lipinski definition) is 3. The van der Waals surface area contributed by atoms with Crippen molar-refractivity contribution in [2.75, 3.05) is 6.54 Å². The van der Waals surface area contributed by atoms with E-state index < -0.39 is 0 Å². The lowest BCUT2D eigenvalue weighted by Crippen LogP contribution is -2.26. The van der Waals surface area contributed by atoms with Gasteiger partial charge in [-0.2, -0.15) is 0 Å². The molecule has 0 aliphatic carbocycles. The number of rotatable bonds is 11. The molecule has 2 aromatic rings. The van der Waals surface area contributed by atoms with Crippen molar-refractivity contribution in [2.24, 2.45) is 0 Å². The molecule has 132 valence electrons. The molecule has 1 N–H and O–H groups in total. The van der Waals surface area contributed by atoms with Crippen LogP contribution in [0.2, 0.25) is 0 Å². The van der Waals surface area contributed by atoms with Crippen molar-refractivity contribution in [3.8, 4) is 0 Å². The van der Waals surface area contributed by atoms with E-state index in [0.29, 0.717) is 0 Å². The zero-order valence-electron chi connectivity index (χ0n) is 15.1. The maximum atomic E-state index is 12.1. The van der Waals surface area contributed by atoms with Crippen molar-refractivity contribution < 1.29 is 9.32 Å². The number of nitrogens with one attached hydrogen (secondary N) is 1. The Morgan fingerprint density at radius 3 is 2.54 bits per heavy atom. The van der Waals surface area contributed by atoms with Crippen molar-refractivity contribution in [3.05, 3.63) is 29.5 Å². The molecule has 1 aromatic heterocycles. The second kappa shape index (κ2) is 10.1. The third-order valence-electron chi connectivity index (χ3n) is 4.38. The number of benzene rings is 1. The Kier molecular flexibility index (Phi) is 7.80. The Hall–Kier alpha value is -1.84. The van der Waals surface area contributed by atoms with Crippen LogP contribution >= 0.6 is 0 Å². The summed E-state index contributed by atoms with van der Waals surface area (Å²) < 4.78 is 5.27. The minimum absolute atomic E-state index is 0.0228. The average Bonchev–Trinajstić information content (AvgIpc) is 2.95. The molecular weight excluding hydrogens is 300 g/mol. The first-order chi connectivity index (χ1) is 11.7. The van der Waals surface area contributed by atoms with Crippen molar-refractivity contribution in [1.29, 1.82) is 0 Å². The van der Waals surface area contributed by atoms with Crippen molar-refractivity contribution in [2.45, 2.75) is 71.6 Å². The zero-order chi connectivity index (χ0) is 17.2. The average molecular weight is 330 g/mol. The van der Waals surface area contributed by atoms with Gasteiger partial charge in [0.25, 0.3) is 0 Å². The summed E-state index contributed by atoms with van der Waals surface area (Å²) in [5, 5.41) is 7.97. The number of nitrogens with zero attached hydrogens (tertiary/aromatic N) is 1. The van der Waals surface area contributed by atoms with Gasteiger partial charge in [0.2, 0.25) is 5.91 Å². The highest BCUT2D eigenvalue weighted by Gasteiger charge is 2.12. The summed E-state index contributed by atoms with van der Waals surface area (Å²) in [6.07, 6.45) is 10.5. The molecule has 0 spiro atoms. The first kappa shape index (κ1) is 18.5. The van der Waals surface area contributed by atoms with E-state index in [-0.39, 0.29) is 12.3 Å². The lowest BCUT2D eigenvalue weighted by Gasteiger charge is -2.04. The fourth-order valence-electron chi connectivity index (χ4n) is 2.93. The van der Waals surface area contributed by atoms with Crippen LogP contribution in [-0.4, -0.2) is 17.6 Å². The van der Waals surface area contributed by atoms with Gasteiger partial charge in [0.1, 0.15) is 5.69 Å². The van der Waals surface area contributed by atoms with Gasteiger partial charge in [-0.05, 0) is 25.5 Å². The minimum atomic E-state index is 0.0228. The van der Waals surface area contributed by atoms with Gasteiger partial charge < -0.3 is 9.84 Å². The Labute approximate surface area is 145 Å². The summed E-state index contributed by atoms with van der Waals surface area (Å²) in [7, 11) is 0. The Balaban J connectivity index is 1.62. The second-order valence-electron chi connectivity index (χ2n) is 6.63. The monoisotopic (exact) mass is 330 g/mol. The first-order valence-electron chi connectivity index (χ1n) is 9.32. The Morgan fingerprint density at radius 2 is 1.79 bits per heavy atom. The SMILES string of the molecule is CCCCCCCCCCNC(=O)Cc1noc2ccc(C)cc12. The lowest BCUT2D eigenvalue weighted by atomic mass is 10.1. The van der Waals surface area contributed by atoms with E-state index in [1.165, 1.54) is 44.9 Å². The highest BCUT2D eigenvalue weighted by molar-refractivity contribution is 5.86. The van der Waals surface area contributed by atoms with E-state index in [1.807, 2.05) is 25.1 Å². The molecule has 0 aliphatic rings. The molecule has 4 nitrogen and oxygen atoms in total. The van der Waals surface area contributed by atoms with Crippen LogP contribution in [-0.2, 0) is 11.2 Å². The van der Waals surface area contributed by atoms with Gasteiger partial charge in [-0.15, -0.1) is 0 Å². The summed E-state index contributed by atoms with van der Waals surface area (Å²) in [6, 6.07) is 5.91. The largest absolute Gasteiger partial charge is 0.356 e. The van der Waals surface area contributed by atoms with E-state index in [0.717, 1.165) is 35.2 Å². The standard InChI is InChI=1S/C20H30N2O2/c1-3-4-5-6-7-8-9-10-13-21-20(23)15-18-17-14-16(2)11-12-19(17)24-22-18/h11-12,14H,3-10,13,15H2,1-2H3,(H,21,23). The summed E-state index contributed by atoms with van der Waals surface area (Å²) in [4.78, 5) is 12.1. The Morgan fingerprint density at radius 1 is 1.08 bits per heavy atom. The maximum Gasteiger partial charge on any atom is 0.226 e. The second-order valence-corrected chi connectivity index (χ2v) is 6.63. The van der Waals surface area contributed by atoms with Gasteiger partial charge in [0.05, 0.1) is 6.42 Å². The molecule has 1 aromatic carbocycles. The van der Waals surface area contributed by atoms with Gasteiger partial charge in [-0.25, -0.2) is 0 Å². The van der Waals surface area contributed by atoms with Crippen LogP contribution in [0.3, 0.4) is 0 Å². The Bertz CT molecular complexity index is 634. The molecule has 4 heteroatoms. The number of amides is 1. The highest BCUT2D eigenvalue weighted by Crippen LogP contribution is 2.20. The van der Waals surface area contributed by atoms with Crippen molar-refractivity contribution >= 4 is 16.9 Å². The van der Waals surface area contributed by atoms with Crippen molar-refractivity contribution in [3.63, 3.8) is 0 Å². The number of carbonyl (C=O) groups is 1. The predicted octanol–water partition coefficient (Wildman–Crippen LogP) is 4.94. The molecule has 0 saturated heterocycles. The van der Waals surface area contributed by atoms with Gasteiger partial charge in [0, 0.05) is 11.9 Å². The van der Waals surface area contributed by atoms with Crippen LogP contribution in [0.4, 0.5) is 0 Å². The summed E-state index contributed by atoms with van der Waals surface area (Å²) in [6.45, 7) is 5.02. The normalized spacial score (nSPS) is 11.1. The molecule has 1 heterocycles. The minimum Gasteiger partial charge on any atom is -0.356 e. The van der Waals surface area contributed by atoms with Crippen LogP contribution in [0.5, 0.6) is 0 Å². The van der Waals surface area contributed by atoms with Crippen LogP contribution in [0, 0.1) is 6.92 Å². The molecule has 0 unspecified atom stereocenters. The van der Waals surface area contributed by atoms with Crippen LogP contribution < -0.4 is 5.32 Å².